The molecule has 0 unspecified atom stereocenters. The lowest BCUT2D eigenvalue weighted by Crippen LogP contribution is -2.46. The number of amides is 2. The van der Waals surface area contributed by atoms with Gasteiger partial charge in [0.25, 0.3) is 21.7 Å². The summed E-state index contributed by atoms with van der Waals surface area (Å²) >= 11 is 0. The molecule has 1 heterocycles. The Balaban J connectivity index is 1.46. The summed E-state index contributed by atoms with van der Waals surface area (Å²) in [6, 6.07) is 4.80. The zero-order chi connectivity index (χ0) is 32.4. The van der Waals surface area contributed by atoms with E-state index in [1.165, 1.54) is 13.2 Å². The average molecular weight is 647 g/mol. The van der Waals surface area contributed by atoms with Gasteiger partial charge in [0.1, 0.15) is 5.75 Å². The fourth-order valence-corrected chi connectivity index (χ4v) is 5.85. The molecule has 240 valence electrons. The van der Waals surface area contributed by atoms with E-state index in [9.17, 15) is 45.5 Å². The number of hydrogen-bond acceptors (Lipinski definition) is 8. The Morgan fingerprint density at radius 2 is 1.75 bits per heavy atom. The van der Waals surface area contributed by atoms with Crippen LogP contribution in [-0.2, 0) is 24.2 Å². The number of halogens is 4. The number of carbonyl (C=O) groups excluding carboxylic acids is 2. The topological polar surface area (TPSA) is 157 Å². The van der Waals surface area contributed by atoms with E-state index in [2.05, 4.69) is 10.6 Å². The first-order valence-electron chi connectivity index (χ1n) is 13.5. The molecule has 1 aliphatic carbocycles. The van der Waals surface area contributed by atoms with Gasteiger partial charge in [-0.15, -0.1) is 0 Å². The molecule has 0 radical (unpaired) electrons. The van der Waals surface area contributed by atoms with E-state index < -0.39 is 67.5 Å². The number of rotatable bonds is 9. The number of anilines is 1. The first-order valence-corrected chi connectivity index (χ1v) is 15.0. The molecule has 2 atom stereocenters. The summed E-state index contributed by atoms with van der Waals surface area (Å²) in [5, 5.41) is 14.4. The van der Waals surface area contributed by atoms with Crippen LogP contribution in [0.1, 0.15) is 49.4 Å². The van der Waals surface area contributed by atoms with Crippen LogP contribution in [0.2, 0.25) is 0 Å². The van der Waals surface area contributed by atoms with Crippen molar-refractivity contribution in [2.75, 3.05) is 19.0 Å². The van der Waals surface area contributed by atoms with Crippen molar-refractivity contribution in [3.8, 4) is 11.5 Å². The Bertz CT molecular complexity index is 1540. The van der Waals surface area contributed by atoms with Gasteiger partial charge in [0.15, 0.2) is 17.7 Å². The Kier molecular flexibility index (Phi) is 9.44. The minimum atomic E-state index is -5.65. The molecule has 2 aromatic carbocycles. The van der Waals surface area contributed by atoms with E-state index in [0.717, 1.165) is 24.3 Å². The molecular formula is C28H30F4N2O9S. The lowest BCUT2D eigenvalue weighted by molar-refractivity contribution is -0.150. The number of alkyl halides is 3. The Hall–Kier alpha value is -3.92. The van der Waals surface area contributed by atoms with Gasteiger partial charge in [-0.25, -0.2) is 12.8 Å². The third kappa shape index (κ3) is 6.90. The van der Waals surface area contributed by atoms with Crippen LogP contribution in [0.4, 0.5) is 23.2 Å². The molecule has 16 heteroatoms. The molecule has 2 aliphatic rings. The molecule has 44 heavy (non-hydrogen) atoms. The van der Waals surface area contributed by atoms with Crippen molar-refractivity contribution in [2.45, 2.75) is 67.7 Å². The molecule has 0 spiro atoms. The number of methoxy groups -OCH3 is 1. The average Bonchev–Trinajstić information content (AvgIpc) is 3.42. The summed E-state index contributed by atoms with van der Waals surface area (Å²) in [5.41, 5.74) is -6.80. The summed E-state index contributed by atoms with van der Waals surface area (Å²) in [6.45, 7) is 1.68. The van der Waals surface area contributed by atoms with Gasteiger partial charge in [0.05, 0.1) is 35.1 Å². The second-order valence-corrected chi connectivity index (χ2v) is 12.7. The van der Waals surface area contributed by atoms with Gasteiger partial charge in [-0.2, -0.15) is 13.2 Å². The minimum absolute atomic E-state index is 0.0391. The van der Waals surface area contributed by atoms with E-state index in [1.54, 1.807) is 6.92 Å². The number of nitrogens with one attached hydrogen (secondary N) is 2. The number of ether oxygens (including phenoxy) is 3. The first-order chi connectivity index (χ1) is 20.6. The fourth-order valence-electron chi connectivity index (χ4n) is 5.04. The predicted molar refractivity (Wildman–Crippen MR) is 146 cm³/mol. The Labute approximate surface area is 249 Å². The van der Waals surface area contributed by atoms with Crippen LogP contribution in [0.5, 0.6) is 11.5 Å². The molecule has 2 fully saturated rings. The second-order valence-electron chi connectivity index (χ2n) is 10.8. The van der Waals surface area contributed by atoms with Crippen molar-refractivity contribution < 1.29 is 59.7 Å². The minimum Gasteiger partial charge on any atom is -0.496 e. The standard InChI is InChI=1S/C28H30F4N2O9S/c1-27(26(37)38)9-6-16(7-10-27)43-22-13-18(21(41-2)14-19(22)29)24(35)34-20-8-11-42-23(20)25(36)33-15-4-3-5-17(12-15)44(39,40)28(30,31)32/h3-5,12-14,16,20,23H,6-11H2,1-2H3,(H,33,36)(H,34,35)(H,37,38)/t16-,20-,23+,27+/m1/s1. The smallest absolute Gasteiger partial charge is 0.496 e. The van der Waals surface area contributed by atoms with E-state index in [0.29, 0.717) is 31.7 Å². The van der Waals surface area contributed by atoms with E-state index in [-0.39, 0.29) is 35.8 Å². The van der Waals surface area contributed by atoms with Crippen LogP contribution in [0.15, 0.2) is 41.3 Å². The summed E-state index contributed by atoms with van der Waals surface area (Å²) in [6.07, 6.45) is -0.244. The molecule has 0 aromatic heterocycles. The molecule has 11 nitrogen and oxygen atoms in total. The maximum atomic E-state index is 14.9. The number of carboxylic acid groups (broad SMARTS) is 1. The van der Waals surface area contributed by atoms with Crippen molar-refractivity contribution in [2.24, 2.45) is 5.41 Å². The van der Waals surface area contributed by atoms with Crippen LogP contribution >= 0.6 is 0 Å². The summed E-state index contributed by atoms with van der Waals surface area (Å²) < 4.78 is 93.6. The highest BCUT2D eigenvalue weighted by atomic mass is 32.2. The largest absolute Gasteiger partial charge is 0.501 e. The number of hydrogen-bond donors (Lipinski definition) is 3. The molecule has 2 amide bonds. The van der Waals surface area contributed by atoms with Crippen LogP contribution in [0.25, 0.3) is 0 Å². The van der Waals surface area contributed by atoms with Gasteiger partial charge >= 0.3 is 11.5 Å². The molecular weight excluding hydrogens is 616 g/mol. The second kappa shape index (κ2) is 12.6. The van der Waals surface area contributed by atoms with Crippen molar-refractivity contribution >= 4 is 33.3 Å². The maximum absolute atomic E-state index is 14.9. The maximum Gasteiger partial charge on any atom is 0.501 e. The van der Waals surface area contributed by atoms with Gasteiger partial charge in [0, 0.05) is 18.4 Å². The summed E-state index contributed by atoms with van der Waals surface area (Å²) in [5.74, 6) is -3.71. The zero-order valence-electron chi connectivity index (χ0n) is 23.6. The number of carboxylic acids is 1. The summed E-state index contributed by atoms with van der Waals surface area (Å²) in [4.78, 5) is 36.7. The molecule has 1 aliphatic heterocycles. The third-order valence-corrected chi connectivity index (χ3v) is 9.21. The van der Waals surface area contributed by atoms with E-state index >= 15 is 0 Å². The lowest BCUT2D eigenvalue weighted by Gasteiger charge is -2.34. The Morgan fingerprint density at radius 3 is 2.36 bits per heavy atom. The monoisotopic (exact) mass is 646 g/mol. The third-order valence-electron chi connectivity index (χ3n) is 7.73. The fraction of sp³-hybridized carbons (Fsp3) is 0.464. The number of aliphatic carboxylic acids is 1. The van der Waals surface area contributed by atoms with Crippen molar-refractivity contribution in [3.05, 3.63) is 47.8 Å². The lowest BCUT2D eigenvalue weighted by atomic mass is 9.75. The number of benzene rings is 2. The van der Waals surface area contributed by atoms with Gasteiger partial charge in [0.2, 0.25) is 0 Å². The zero-order valence-corrected chi connectivity index (χ0v) is 24.4. The van der Waals surface area contributed by atoms with Gasteiger partial charge in [-0.3, -0.25) is 14.4 Å². The van der Waals surface area contributed by atoms with Crippen molar-refractivity contribution in [1.82, 2.24) is 5.32 Å². The summed E-state index contributed by atoms with van der Waals surface area (Å²) in [7, 11) is -4.43. The Morgan fingerprint density at radius 1 is 1.07 bits per heavy atom. The van der Waals surface area contributed by atoms with Crippen molar-refractivity contribution in [3.63, 3.8) is 0 Å². The predicted octanol–water partition coefficient (Wildman–Crippen LogP) is 4.07. The number of carbonyl (C=O) groups is 3. The van der Waals surface area contributed by atoms with Crippen molar-refractivity contribution in [1.29, 1.82) is 0 Å². The number of sulfone groups is 1. The van der Waals surface area contributed by atoms with Gasteiger partial charge < -0.3 is 30.0 Å². The quantitative estimate of drug-likeness (QED) is 0.342. The van der Waals surface area contributed by atoms with Crippen LogP contribution in [0.3, 0.4) is 0 Å². The van der Waals surface area contributed by atoms with Crippen LogP contribution < -0.4 is 20.1 Å². The molecule has 4 rings (SSSR count). The van der Waals surface area contributed by atoms with E-state index in [4.69, 9.17) is 14.2 Å². The molecule has 1 saturated heterocycles. The highest BCUT2D eigenvalue weighted by molar-refractivity contribution is 7.92. The molecule has 0 bridgehead atoms. The highest BCUT2D eigenvalue weighted by Crippen LogP contribution is 2.39. The van der Waals surface area contributed by atoms with Gasteiger partial charge in [-0.1, -0.05) is 6.07 Å². The van der Waals surface area contributed by atoms with Crippen LogP contribution in [-0.4, -0.2) is 68.8 Å². The highest BCUT2D eigenvalue weighted by Gasteiger charge is 2.47. The van der Waals surface area contributed by atoms with Crippen LogP contribution in [0, 0.1) is 11.2 Å². The molecule has 1 saturated carbocycles. The normalized spacial score (nSPS) is 23.9. The molecule has 3 N–H and O–H groups in total. The van der Waals surface area contributed by atoms with E-state index in [1.807, 2.05) is 0 Å². The first kappa shape index (κ1) is 33.0. The van der Waals surface area contributed by atoms with Gasteiger partial charge in [-0.05, 0) is 63.3 Å². The molecule has 2 aromatic rings. The SMILES string of the molecule is COc1cc(F)c(O[C@H]2CC[C@@](C)(C(=O)O)CC2)cc1C(=O)N[C@@H]1CCO[C@@H]1C(=O)Nc1cccc(S(=O)(=O)C(F)(F)F)c1.